The Labute approximate surface area is 162 Å². The summed E-state index contributed by atoms with van der Waals surface area (Å²) in [7, 11) is -7.46. The molecule has 0 bridgehead atoms. The SMILES string of the molecule is CCS(=O)(=O)c1ccc([S+]2c3ccccc3S(=O)(=O)c3ccccc32)cc1. The zero-order chi connectivity index (χ0) is 19.2. The molecule has 0 saturated carbocycles. The highest BCUT2D eigenvalue weighted by Gasteiger charge is 2.44. The van der Waals surface area contributed by atoms with E-state index in [-0.39, 0.29) is 10.6 Å². The lowest BCUT2D eigenvalue weighted by molar-refractivity contribution is 0.590. The highest BCUT2D eigenvalue weighted by Crippen LogP contribution is 2.44. The molecule has 1 aliphatic rings. The number of hydrogen-bond acceptors (Lipinski definition) is 4. The number of sulfone groups is 2. The smallest absolute Gasteiger partial charge is 0.216 e. The summed E-state index contributed by atoms with van der Waals surface area (Å²) in [6, 6.07) is 20.8. The van der Waals surface area contributed by atoms with Crippen molar-refractivity contribution in [3.05, 3.63) is 72.8 Å². The van der Waals surface area contributed by atoms with E-state index in [2.05, 4.69) is 0 Å². The lowest BCUT2D eigenvalue weighted by atomic mass is 10.3. The van der Waals surface area contributed by atoms with Gasteiger partial charge in [-0.1, -0.05) is 31.2 Å². The van der Waals surface area contributed by atoms with Crippen molar-refractivity contribution in [2.75, 3.05) is 5.75 Å². The van der Waals surface area contributed by atoms with E-state index in [0.29, 0.717) is 9.79 Å². The van der Waals surface area contributed by atoms with Crippen LogP contribution in [-0.4, -0.2) is 22.6 Å². The van der Waals surface area contributed by atoms with Crippen molar-refractivity contribution in [3.63, 3.8) is 0 Å². The Hall–Kier alpha value is -2.09. The topological polar surface area (TPSA) is 68.3 Å². The van der Waals surface area contributed by atoms with Crippen LogP contribution in [0.25, 0.3) is 0 Å². The summed E-state index contributed by atoms with van der Waals surface area (Å²) in [6.45, 7) is 1.61. The lowest BCUT2D eigenvalue weighted by Gasteiger charge is -2.19. The molecule has 7 heteroatoms. The van der Waals surface area contributed by atoms with E-state index in [9.17, 15) is 16.8 Å². The minimum atomic E-state index is -3.57. The fourth-order valence-corrected chi connectivity index (χ4v) is 8.70. The number of rotatable bonds is 3. The fourth-order valence-electron chi connectivity index (χ4n) is 3.12. The molecule has 3 aromatic rings. The first kappa shape index (κ1) is 18.3. The fraction of sp³-hybridized carbons (Fsp3) is 0.100. The zero-order valence-electron chi connectivity index (χ0n) is 14.5. The van der Waals surface area contributed by atoms with Crippen LogP contribution in [0.4, 0.5) is 0 Å². The summed E-state index contributed by atoms with van der Waals surface area (Å²) >= 11 is 0. The first-order valence-electron chi connectivity index (χ1n) is 8.36. The normalized spacial score (nSPS) is 15.7. The van der Waals surface area contributed by atoms with Crippen molar-refractivity contribution < 1.29 is 16.8 Å². The van der Waals surface area contributed by atoms with Gasteiger partial charge in [0, 0.05) is 0 Å². The molecule has 0 saturated heterocycles. The molecule has 27 heavy (non-hydrogen) atoms. The van der Waals surface area contributed by atoms with Crippen LogP contribution in [0.2, 0.25) is 0 Å². The van der Waals surface area contributed by atoms with Crippen molar-refractivity contribution in [2.45, 2.75) is 36.3 Å². The summed E-state index contributed by atoms with van der Waals surface area (Å²) in [5.74, 6) is 0.0436. The van der Waals surface area contributed by atoms with E-state index in [1.165, 1.54) is 0 Å². The Morgan fingerprint density at radius 1 is 0.778 bits per heavy atom. The van der Waals surface area contributed by atoms with E-state index in [0.717, 1.165) is 14.7 Å². The van der Waals surface area contributed by atoms with Gasteiger partial charge in [-0.3, -0.25) is 0 Å². The second-order valence-electron chi connectivity index (χ2n) is 6.08. The van der Waals surface area contributed by atoms with Gasteiger partial charge in [0.25, 0.3) is 0 Å². The second-order valence-corrected chi connectivity index (χ2v) is 12.2. The first-order valence-corrected chi connectivity index (χ1v) is 12.7. The number of hydrogen-bond donors (Lipinski definition) is 0. The summed E-state index contributed by atoms with van der Waals surface area (Å²) in [6.07, 6.45) is 0. The Morgan fingerprint density at radius 3 is 1.74 bits per heavy atom. The molecule has 0 fully saturated rings. The Kier molecular flexibility index (Phi) is 4.41. The van der Waals surface area contributed by atoms with E-state index in [4.69, 9.17) is 0 Å². The molecule has 4 nitrogen and oxygen atoms in total. The summed E-state index contributed by atoms with van der Waals surface area (Å²) < 4.78 is 50.2. The second kappa shape index (κ2) is 6.51. The maximum atomic E-state index is 13.0. The van der Waals surface area contributed by atoms with Gasteiger partial charge in [0.2, 0.25) is 9.84 Å². The van der Waals surface area contributed by atoms with Gasteiger partial charge in [-0.2, -0.15) is 0 Å². The van der Waals surface area contributed by atoms with Crippen LogP contribution in [0.15, 0.2) is 102 Å². The van der Waals surface area contributed by atoms with Gasteiger partial charge in [-0.15, -0.1) is 0 Å². The highest BCUT2D eigenvalue weighted by molar-refractivity contribution is 8.00. The molecule has 3 aromatic carbocycles. The highest BCUT2D eigenvalue weighted by atomic mass is 32.2. The average Bonchev–Trinajstić information content (AvgIpc) is 2.69. The third-order valence-corrected chi connectivity index (χ3v) is 10.7. The van der Waals surface area contributed by atoms with Crippen LogP contribution in [0, 0.1) is 0 Å². The molecule has 0 N–H and O–H groups in total. The third kappa shape index (κ3) is 2.90. The zero-order valence-corrected chi connectivity index (χ0v) is 16.9. The summed E-state index contributed by atoms with van der Waals surface area (Å²) in [5.41, 5.74) is 0. The van der Waals surface area contributed by atoms with Crippen molar-refractivity contribution in [2.24, 2.45) is 0 Å². The molecule has 0 unspecified atom stereocenters. The van der Waals surface area contributed by atoms with Gasteiger partial charge in [0.1, 0.15) is 20.7 Å². The third-order valence-electron chi connectivity index (χ3n) is 4.52. The molecule has 0 amide bonds. The molecule has 0 spiro atoms. The molecule has 138 valence electrons. The minimum Gasteiger partial charge on any atom is -0.224 e. The van der Waals surface area contributed by atoms with Crippen molar-refractivity contribution in [1.29, 1.82) is 0 Å². The summed E-state index contributed by atoms with van der Waals surface area (Å²) in [4.78, 5) is 3.28. The van der Waals surface area contributed by atoms with Crippen LogP contribution < -0.4 is 0 Å². The molecule has 0 radical (unpaired) electrons. The molecule has 1 aliphatic heterocycles. The van der Waals surface area contributed by atoms with E-state index in [1.54, 1.807) is 55.5 Å². The summed E-state index contributed by atoms with van der Waals surface area (Å²) in [5, 5.41) is 0. The molecule has 0 aromatic heterocycles. The average molecular weight is 418 g/mol. The minimum absolute atomic E-state index is 0.0436. The molecular formula is C20H17O4S3+. The van der Waals surface area contributed by atoms with E-state index >= 15 is 0 Å². The van der Waals surface area contributed by atoms with Crippen molar-refractivity contribution in [3.8, 4) is 0 Å². The van der Waals surface area contributed by atoms with Crippen molar-refractivity contribution in [1.82, 2.24) is 0 Å². The van der Waals surface area contributed by atoms with E-state index in [1.807, 2.05) is 24.3 Å². The van der Waals surface area contributed by atoms with Crippen LogP contribution in [0.5, 0.6) is 0 Å². The maximum Gasteiger partial charge on any atom is 0.216 e. The predicted octanol–water partition coefficient (Wildman–Crippen LogP) is 3.72. The molecule has 1 heterocycles. The van der Waals surface area contributed by atoms with Gasteiger partial charge >= 0.3 is 0 Å². The standard InChI is InChI=1S/C20H17O4S3/c1-2-26(21,22)16-13-11-15(12-14-16)25-17-7-3-5-9-19(17)27(23,24)20-10-6-4-8-18(20)25/h3-14H,2H2,1H3/q+1. The van der Waals surface area contributed by atoms with Crippen LogP contribution in [0.3, 0.4) is 0 Å². The van der Waals surface area contributed by atoms with Gasteiger partial charge in [0.15, 0.2) is 24.5 Å². The molecule has 4 rings (SSSR count). The largest absolute Gasteiger partial charge is 0.224 e. The van der Waals surface area contributed by atoms with E-state index < -0.39 is 30.6 Å². The Balaban J connectivity index is 1.95. The maximum absolute atomic E-state index is 13.0. The molecular weight excluding hydrogens is 400 g/mol. The number of fused-ring (bicyclic) bond motifs is 2. The lowest BCUT2D eigenvalue weighted by Crippen LogP contribution is -2.20. The Bertz CT molecular complexity index is 1170. The molecule has 0 aliphatic carbocycles. The van der Waals surface area contributed by atoms with Crippen LogP contribution >= 0.6 is 0 Å². The van der Waals surface area contributed by atoms with Gasteiger partial charge < -0.3 is 0 Å². The monoisotopic (exact) mass is 417 g/mol. The molecule has 0 atom stereocenters. The first-order chi connectivity index (χ1) is 12.9. The van der Waals surface area contributed by atoms with Gasteiger partial charge in [-0.05, 0) is 48.5 Å². The quantitative estimate of drug-likeness (QED) is 0.477. The van der Waals surface area contributed by atoms with Crippen LogP contribution in [0.1, 0.15) is 6.92 Å². The number of benzene rings is 3. The van der Waals surface area contributed by atoms with Gasteiger partial charge in [-0.25, -0.2) is 16.8 Å². The Morgan fingerprint density at radius 2 is 1.26 bits per heavy atom. The predicted molar refractivity (Wildman–Crippen MR) is 105 cm³/mol. The van der Waals surface area contributed by atoms with Crippen molar-refractivity contribution >= 4 is 30.6 Å². The van der Waals surface area contributed by atoms with Gasteiger partial charge in [0.05, 0.1) is 10.6 Å². The van der Waals surface area contributed by atoms with Crippen LogP contribution in [-0.2, 0) is 30.6 Å².